The average Bonchev–Trinajstić information content (AvgIpc) is 3.01. The summed E-state index contributed by atoms with van der Waals surface area (Å²) in [4.78, 5) is 7.34. The fourth-order valence-corrected chi connectivity index (χ4v) is 2.75. The van der Waals surface area contributed by atoms with Crippen molar-refractivity contribution in [1.29, 1.82) is 0 Å². The van der Waals surface area contributed by atoms with Crippen molar-refractivity contribution in [1.82, 2.24) is 15.5 Å². The molecular formula is C16H33IN4. The topological polar surface area (TPSA) is 39.7 Å². The van der Waals surface area contributed by atoms with Crippen molar-refractivity contribution in [2.45, 2.75) is 59.5 Å². The molecule has 5 heteroatoms. The van der Waals surface area contributed by atoms with E-state index in [2.05, 4.69) is 50.2 Å². The molecule has 0 aromatic carbocycles. The Morgan fingerprint density at radius 3 is 2.48 bits per heavy atom. The molecule has 124 valence electrons. The van der Waals surface area contributed by atoms with Crippen LogP contribution in [-0.2, 0) is 0 Å². The van der Waals surface area contributed by atoms with Gasteiger partial charge in [-0.2, -0.15) is 0 Å². The number of hydrogen-bond donors (Lipinski definition) is 2. The van der Waals surface area contributed by atoms with E-state index in [-0.39, 0.29) is 24.0 Å². The van der Waals surface area contributed by atoms with Gasteiger partial charge in [0.15, 0.2) is 5.96 Å². The zero-order valence-corrected chi connectivity index (χ0v) is 16.6. The highest BCUT2D eigenvalue weighted by Gasteiger charge is 2.37. The summed E-state index contributed by atoms with van der Waals surface area (Å²) in [5, 5.41) is 7.04. The van der Waals surface area contributed by atoms with Crippen molar-refractivity contribution >= 4 is 29.9 Å². The summed E-state index contributed by atoms with van der Waals surface area (Å²) in [5.41, 5.74) is 0.480. The van der Waals surface area contributed by atoms with E-state index < -0.39 is 0 Å². The maximum Gasteiger partial charge on any atom is 0.191 e. The maximum atomic E-state index is 4.79. The number of hydrogen-bond acceptors (Lipinski definition) is 2. The predicted molar refractivity (Wildman–Crippen MR) is 102 cm³/mol. The number of nitrogens with zero attached hydrogens (tertiary/aromatic N) is 2. The lowest BCUT2D eigenvalue weighted by Crippen LogP contribution is -2.47. The second-order valence-electron chi connectivity index (χ2n) is 7.28. The second kappa shape index (κ2) is 7.99. The molecular weight excluding hydrogens is 375 g/mol. The highest BCUT2D eigenvalue weighted by Crippen LogP contribution is 2.44. The molecule has 1 aliphatic heterocycles. The third-order valence-electron chi connectivity index (χ3n) is 4.76. The number of likely N-dealkylation sites (tertiary alicyclic amines) is 1. The van der Waals surface area contributed by atoms with E-state index in [4.69, 9.17) is 4.99 Å². The molecule has 0 aromatic rings. The van der Waals surface area contributed by atoms with Crippen molar-refractivity contribution in [2.75, 3.05) is 26.2 Å². The molecule has 0 radical (unpaired) electrons. The van der Waals surface area contributed by atoms with Crippen LogP contribution in [0.2, 0.25) is 0 Å². The monoisotopic (exact) mass is 408 g/mol. The minimum Gasteiger partial charge on any atom is -0.357 e. The van der Waals surface area contributed by atoms with Crippen LogP contribution in [0.25, 0.3) is 0 Å². The molecule has 1 aliphatic carbocycles. The molecule has 0 amide bonds. The molecule has 2 rings (SSSR count). The smallest absolute Gasteiger partial charge is 0.191 e. The van der Waals surface area contributed by atoms with Crippen molar-refractivity contribution in [3.05, 3.63) is 0 Å². The van der Waals surface area contributed by atoms with E-state index in [1.54, 1.807) is 0 Å². The first-order valence-corrected chi connectivity index (χ1v) is 8.22. The van der Waals surface area contributed by atoms with Gasteiger partial charge in [0, 0.05) is 38.3 Å². The van der Waals surface area contributed by atoms with E-state index >= 15 is 0 Å². The summed E-state index contributed by atoms with van der Waals surface area (Å²) in [6.07, 6.45) is 2.66. The predicted octanol–water partition coefficient (Wildman–Crippen LogP) is 2.69. The zero-order valence-electron chi connectivity index (χ0n) is 14.3. The highest BCUT2D eigenvalue weighted by molar-refractivity contribution is 14.0. The van der Waals surface area contributed by atoms with Gasteiger partial charge in [0.25, 0.3) is 0 Å². The Labute approximate surface area is 147 Å². The lowest BCUT2D eigenvalue weighted by molar-refractivity contribution is 0.265. The van der Waals surface area contributed by atoms with Gasteiger partial charge < -0.3 is 10.6 Å². The molecule has 2 aliphatic rings. The normalized spacial score (nSPS) is 28.4. The molecule has 2 N–H and O–H groups in total. The van der Waals surface area contributed by atoms with Crippen LogP contribution in [-0.4, -0.2) is 49.1 Å². The number of rotatable bonds is 5. The van der Waals surface area contributed by atoms with Gasteiger partial charge in [-0.3, -0.25) is 9.89 Å². The van der Waals surface area contributed by atoms with Crippen LogP contribution in [0.5, 0.6) is 0 Å². The third-order valence-corrected chi connectivity index (χ3v) is 4.76. The van der Waals surface area contributed by atoms with Crippen molar-refractivity contribution in [2.24, 2.45) is 16.3 Å². The Balaban J connectivity index is 0.00000220. The molecule has 0 spiro atoms. The van der Waals surface area contributed by atoms with Crippen LogP contribution in [0.4, 0.5) is 0 Å². The Hall–Kier alpha value is -0.0400. The summed E-state index contributed by atoms with van der Waals surface area (Å²) in [6, 6.07) is 1.15. The lowest BCUT2D eigenvalue weighted by Gasteiger charge is -2.22. The van der Waals surface area contributed by atoms with Crippen molar-refractivity contribution in [3.63, 3.8) is 0 Å². The highest BCUT2D eigenvalue weighted by atomic mass is 127. The average molecular weight is 408 g/mol. The van der Waals surface area contributed by atoms with Gasteiger partial charge in [-0.25, -0.2) is 0 Å². The zero-order chi connectivity index (χ0) is 14.8. The molecule has 1 heterocycles. The Morgan fingerprint density at radius 1 is 1.33 bits per heavy atom. The van der Waals surface area contributed by atoms with E-state index in [0.717, 1.165) is 25.6 Å². The van der Waals surface area contributed by atoms with Crippen LogP contribution >= 0.6 is 24.0 Å². The van der Waals surface area contributed by atoms with Crippen molar-refractivity contribution < 1.29 is 0 Å². The summed E-state index contributed by atoms with van der Waals surface area (Å²) < 4.78 is 0. The first kappa shape index (κ1) is 19.0. The summed E-state index contributed by atoms with van der Waals surface area (Å²) >= 11 is 0. The Morgan fingerprint density at radius 2 is 2.00 bits per heavy atom. The summed E-state index contributed by atoms with van der Waals surface area (Å²) in [6.45, 7) is 15.6. The molecule has 21 heavy (non-hydrogen) atoms. The molecule has 4 nitrogen and oxygen atoms in total. The van der Waals surface area contributed by atoms with Gasteiger partial charge in [0.05, 0.1) is 0 Å². The summed E-state index contributed by atoms with van der Waals surface area (Å²) in [7, 11) is 0. The standard InChI is InChI=1S/C16H32N4.HI/c1-6-17-15(18-11-16(5)7-8-16)19-14-10-20(12(2)3)9-13(14)4;/h12-14H,6-11H2,1-5H3,(H2,17,18,19);1H. The number of nitrogens with one attached hydrogen (secondary N) is 2. The van der Waals surface area contributed by atoms with Crippen molar-refractivity contribution in [3.8, 4) is 0 Å². The number of aliphatic imine (C=N–C) groups is 1. The molecule has 1 saturated carbocycles. The third kappa shape index (κ3) is 5.58. The fourth-order valence-electron chi connectivity index (χ4n) is 2.75. The molecule has 2 unspecified atom stereocenters. The van der Waals surface area contributed by atoms with Gasteiger partial charge >= 0.3 is 0 Å². The minimum atomic E-state index is 0. The van der Waals surface area contributed by atoms with Crippen LogP contribution in [0.3, 0.4) is 0 Å². The molecule has 1 saturated heterocycles. The van der Waals surface area contributed by atoms with E-state index in [1.165, 1.54) is 19.4 Å². The van der Waals surface area contributed by atoms with Gasteiger partial charge in [-0.15, -0.1) is 24.0 Å². The SMILES string of the molecule is CCNC(=NCC1(C)CC1)NC1CN(C(C)C)CC1C.I. The van der Waals surface area contributed by atoms with Crippen LogP contribution in [0.1, 0.15) is 47.5 Å². The van der Waals surface area contributed by atoms with E-state index in [1.807, 2.05) is 0 Å². The fraction of sp³-hybridized carbons (Fsp3) is 0.938. The molecule has 0 bridgehead atoms. The van der Waals surface area contributed by atoms with Crippen LogP contribution < -0.4 is 10.6 Å². The maximum absolute atomic E-state index is 4.79. The van der Waals surface area contributed by atoms with E-state index in [0.29, 0.717) is 23.4 Å². The first-order valence-electron chi connectivity index (χ1n) is 8.22. The summed E-state index contributed by atoms with van der Waals surface area (Å²) in [5.74, 6) is 1.68. The van der Waals surface area contributed by atoms with E-state index in [9.17, 15) is 0 Å². The second-order valence-corrected chi connectivity index (χ2v) is 7.28. The molecule has 0 aromatic heterocycles. The first-order chi connectivity index (χ1) is 9.43. The number of halogens is 1. The molecule has 2 atom stereocenters. The van der Waals surface area contributed by atoms with Crippen LogP contribution in [0.15, 0.2) is 4.99 Å². The Bertz CT molecular complexity index is 352. The van der Waals surface area contributed by atoms with Gasteiger partial charge in [0.2, 0.25) is 0 Å². The Kier molecular flexibility index (Phi) is 7.24. The lowest BCUT2D eigenvalue weighted by atomic mass is 10.1. The molecule has 2 fully saturated rings. The largest absolute Gasteiger partial charge is 0.357 e. The van der Waals surface area contributed by atoms with Gasteiger partial charge in [0.1, 0.15) is 0 Å². The van der Waals surface area contributed by atoms with Gasteiger partial charge in [-0.05, 0) is 44.9 Å². The van der Waals surface area contributed by atoms with Gasteiger partial charge in [-0.1, -0.05) is 13.8 Å². The number of guanidine groups is 1. The van der Waals surface area contributed by atoms with Crippen LogP contribution in [0, 0.1) is 11.3 Å². The quantitative estimate of drug-likeness (QED) is 0.418. The minimum absolute atomic E-state index is 0.